The number of allylic oxidation sites excluding steroid dienone is 1. The molecule has 2 N–H and O–H groups in total. The highest BCUT2D eigenvalue weighted by molar-refractivity contribution is 6.02. The van der Waals surface area contributed by atoms with Gasteiger partial charge in [-0.1, -0.05) is 58.9 Å². The van der Waals surface area contributed by atoms with E-state index in [4.69, 9.17) is 4.74 Å². The molecule has 5 heteroatoms. The number of esters is 1. The van der Waals surface area contributed by atoms with Crippen LogP contribution in [0.3, 0.4) is 0 Å². The molecule has 0 amide bonds. The molecule has 0 radical (unpaired) electrons. The van der Waals surface area contributed by atoms with Gasteiger partial charge in [0.2, 0.25) is 0 Å². The molecule has 0 bridgehead atoms. The Morgan fingerprint density at radius 3 is 2.23 bits per heavy atom. The Morgan fingerprint density at radius 1 is 0.860 bits per heavy atom. The molecule has 0 unspecified atom stereocenters. The fraction of sp³-hybridized carbons (Fsp3) is 0.737. The van der Waals surface area contributed by atoms with Crippen LogP contribution in [-0.2, 0) is 4.74 Å². The van der Waals surface area contributed by atoms with Gasteiger partial charge >= 0.3 is 11.9 Å². The SMILES string of the molecule is C=C(C)[C@@H]1CC[C@]2(COC(=O)c3ccccc3C(=O)O)CC[C@]3(C)[C@H](CC[C@@H]4[C@@]5(C)CC[C@H](O)C(C)(C)[C@@H]5CC[C@]43C)[C@@H]12. The first-order chi connectivity index (χ1) is 20.1. The molecule has 0 saturated heterocycles. The standard InChI is InChI=1S/C38H54O5/c1-23(2)24-14-19-38(22-43-33(42)26-11-9-8-10-25(26)32(40)41)21-20-36(6)27(31(24)38)12-13-29-35(5)17-16-30(39)34(3,4)28(35)15-18-37(29,36)7/h8-11,24,27-31,39H,1,12-22H2,2-7H3,(H,40,41)/t24-,27+,28-,29+,30-,31+,35-,36+,37+,38+/m0/s1. The number of carbonyl (C=O) groups is 2. The molecule has 1 aromatic rings. The van der Waals surface area contributed by atoms with Crippen LogP contribution in [0.5, 0.6) is 0 Å². The molecule has 0 aliphatic heterocycles. The molecule has 5 fully saturated rings. The van der Waals surface area contributed by atoms with E-state index in [2.05, 4.69) is 48.1 Å². The largest absolute Gasteiger partial charge is 0.478 e. The van der Waals surface area contributed by atoms with Crippen LogP contribution in [0.2, 0.25) is 0 Å². The highest BCUT2D eigenvalue weighted by Gasteiger charge is 2.71. The van der Waals surface area contributed by atoms with Gasteiger partial charge < -0.3 is 14.9 Å². The van der Waals surface area contributed by atoms with Crippen LogP contribution in [0.25, 0.3) is 0 Å². The minimum Gasteiger partial charge on any atom is -0.478 e. The number of benzene rings is 1. The Labute approximate surface area is 258 Å². The van der Waals surface area contributed by atoms with Gasteiger partial charge in [-0.15, -0.1) is 0 Å². The van der Waals surface area contributed by atoms with Crippen LogP contribution in [0.15, 0.2) is 36.4 Å². The number of carboxylic acids is 1. The van der Waals surface area contributed by atoms with Crippen molar-refractivity contribution in [3.05, 3.63) is 47.5 Å². The van der Waals surface area contributed by atoms with Crippen molar-refractivity contribution in [1.82, 2.24) is 0 Å². The van der Waals surface area contributed by atoms with Gasteiger partial charge in [-0.25, -0.2) is 9.59 Å². The Balaban J connectivity index is 1.31. The Hall–Kier alpha value is -2.14. The Morgan fingerprint density at radius 2 is 1.56 bits per heavy atom. The molecule has 10 atom stereocenters. The molecule has 5 saturated carbocycles. The van der Waals surface area contributed by atoms with Crippen LogP contribution >= 0.6 is 0 Å². The zero-order valence-electron chi connectivity index (χ0n) is 27.4. The van der Waals surface area contributed by atoms with Crippen LogP contribution < -0.4 is 0 Å². The maximum atomic E-state index is 13.3. The third-order valence-electron chi connectivity index (χ3n) is 15.1. The van der Waals surface area contributed by atoms with Gasteiger partial charge in [0.25, 0.3) is 0 Å². The number of rotatable bonds is 5. The number of hydrogen-bond donors (Lipinski definition) is 2. The number of hydrogen-bond acceptors (Lipinski definition) is 4. The quantitative estimate of drug-likeness (QED) is 0.265. The second-order valence-corrected chi connectivity index (χ2v) is 16.9. The van der Waals surface area contributed by atoms with E-state index in [0.29, 0.717) is 36.2 Å². The average molecular weight is 591 g/mol. The maximum Gasteiger partial charge on any atom is 0.339 e. The average Bonchev–Trinajstić information content (AvgIpc) is 3.34. The summed E-state index contributed by atoms with van der Waals surface area (Å²) in [4.78, 5) is 25.1. The normalized spacial score (nSPS) is 44.7. The highest BCUT2D eigenvalue weighted by Crippen LogP contribution is 2.77. The van der Waals surface area contributed by atoms with Gasteiger partial charge in [0.1, 0.15) is 0 Å². The molecule has 43 heavy (non-hydrogen) atoms. The van der Waals surface area contributed by atoms with Gasteiger partial charge in [0.05, 0.1) is 23.8 Å². The minimum absolute atomic E-state index is 0.00208. The van der Waals surface area contributed by atoms with Crippen LogP contribution in [0.1, 0.15) is 126 Å². The summed E-state index contributed by atoms with van der Waals surface area (Å²) < 4.78 is 6.10. The van der Waals surface area contributed by atoms with E-state index in [0.717, 1.165) is 38.5 Å². The Bertz CT molecular complexity index is 1310. The summed E-state index contributed by atoms with van der Waals surface area (Å²) in [5.74, 6) is 0.942. The van der Waals surface area contributed by atoms with E-state index in [1.54, 1.807) is 18.2 Å². The van der Waals surface area contributed by atoms with Gasteiger partial charge in [-0.05, 0) is 135 Å². The van der Waals surface area contributed by atoms with Gasteiger partial charge in [-0.3, -0.25) is 0 Å². The minimum atomic E-state index is -1.11. The number of aliphatic hydroxyl groups excluding tert-OH is 1. The van der Waals surface area contributed by atoms with Crippen LogP contribution in [0.4, 0.5) is 0 Å². The molecule has 6 rings (SSSR count). The van der Waals surface area contributed by atoms with E-state index >= 15 is 0 Å². The summed E-state index contributed by atoms with van der Waals surface area (Å²) >= 11 is 0. The first-order valence-electron chi connectivity index (χ1n) is 17.0. The number of aromatic carboxylic acids is 1. The molecule has 5 aliphatic carbocycles. The van der Waals surface area contributed by atoms with E-state index in [9.17, 15) is 19.8 Å². The van der Waals surface area contributed by atoms with E-state index in [1.807, 2.05) is 0 Å². The zero-order chi connectivity index (χ0) is 31.2. The third-order valence-corrected chi connectivity index (χ3v) is 15.1. The molecule has 1 aromatic carbocycles. The van der Waals surface area contributed by atoms with Gasteiger partial charge in [0, 0.05) is 5.41 Å². The van der Waals surface area contributed by atoms with Gasteiger partial charge in [-0.2, -0.15) is 0 Å². The van der Waals surface area contributed by atoms with E-state index < -0.39 is 11.9 Å². The van der Waals surface area contributed by atoms with Crippen molar-refractivity contribution in [1.29, 1.82) is 0 Å². The molecule has 236 valence electrons. The molecule has 5 nitrogen and oxygen atoms in total. The van der Waals surface area contributed by atoms with Crippen molar-refractivity contribution in [3.63, 3.8) is 0 Å². The summed E-state index contributed by atoms with van der Waals surface area (Å²) in [6.07, 6.45) is 11.0. The number of ether oxygens (including phenoxy) is 1. The summed E-state index contributed by atoms with van der Waals surface area (Å²) in [6.45, 7) is 19.5. The topological polar surface area (TPSA) is 83.8 Å². The first kappa shape index (κ1) is 30.9. The third kappa shape index (κ3) is 4.26. The lowest BCUT2D eigenvalue weighted by molar-refractivity contribution is -0.249. The molecular weight excluding hydrogens is 536 g/mol. The zero-order valence-corrected chi connectivity index (χ0v) is 27.4. The van der Waals surface area contributed by atoms with Crippen molar-refractivity contribution in [3.8, 4) is 0 Å². The number of fused-ring (bicyclic) bond motifs is 7. The molecule has 0 aromatic heterocycles. The number of carboxylic acid groups (broad SMARTS) is 1. The lowest BCUT2D eigenvalue weighted by Gasteiger charge is -2.73. The van der Waals surface area contributed by atoms with Crippen molar-refractivity contribution in [2.24, 2.45) is 56.7 Å². The monoisotopic (exact) mass is 590 g/mol. The summed E-state index contributed by atoms with van der Waals surface area (Å²) in [5.41, 5.74) is 1.91. The van der Waals surface area contributed by atoms with E-state index in [1.165, 1.54) is 37.3 Å². The summed E-state index contributed by atoms with van der Waals surface area (Å²) in [7, 11) is 0. The Kier molecular flexibility index (Phi) is 7.31. The summed E-state index contributed by atoms with van der Waals surface area (Å²) in [6, 6.07) is 6.38. The second kappa shape index (κ2) is 10.2. The lowest BCUT2D eigenvalue weighted by Crippen LogP contribution is -2.66. The number of carbonyl (C=O) groups excluding carboxylic acids is 1. The van der Waals surface area contributed by atoms with Crippen molar-refractivity contribution >= 4 is 11.9 Å². The smallest absolute Gasteiger partial charge is 0.339 e. The van der Waals surface area contributed by atoms with Gasteiger partial charge in [0.15, 0.2) is 0 Å². The summed E-state index contributed by atoms with van der Waals surface area (Å²) in [5, 5.41) is 20.7. The van der Waals surface area contributed by atoms with Crippen LogP contribution in [0, 0.1) is 56.7 Å². The highest BCUT2D eigenvalue weighted by atomic mass is 16.5. The van der Waals surface area contributed by atoms with Crippen molar-refractivity contribution in [2.75, 3.05) is 6.61 Å². The van der Waals surface area contributed by atoms with E-state index in [-0.39, 0.29) is 44.3 Å². The second-order valence-electron chi connectivity index (χ2n) is 16.9. The fourth-order valence-electron chi connectivity index (χ4n) is 12.7. The van der Waals surface area contributed by atoms with Crippen molar-refractivity contribution in [2.45, 2.75) is 112 Å². The fourth-order valence-corrected chi connectivity index (χ4v) is 12.7. The predicted octanol–water partition coefficient (Wildman–Crippen LogP) is 8.56. The molecule has 5 aliphatic rings. The molecular formula is C38H54O5. The van der Waals surface area contributed by atoms with Crippen LogP contribution in [-0.4, -0.2) is 34.9 Å². The molecule has 0 heterocycles. The maximum absolute atomic E-state index is 13.3. The molecule has 0 spiro atoms. The number of aliphatic hydroxyl groups is 1. The lowest BCUT2D eigenvalue weighted by atomic mass is 9.32. The first-order valence-corrected chi connectivity index (χ1v) is 17.0. The predicted molar refractivity (Wildman–Crippen MR) is 169 cm³/mol. The van der Waals surface area contributed by atoms with Crippen molar-refractivity contribution < 1.29 is 24.5 Å².